The topological polar surface area (TPSA) is 107 Å². The molecule has 8 heteroatoms. The second-order valence-electron chi connectivity index (χ2n) is 6.98. The molecule has 136 valence electrons. The fourth-order valence-corrected chi connectivity index (χ4v) is 4.05. The number of amides is 4. The molecule has 1 atom stereocenters. The molecule has 0 saturated carbocycles. The van der Waals surface area contributed by atoms with Crippen LogP contribution in [0.4, 0.5) is 4.79 Å². The summed E-state index contributed by atoms with van der Waals surface area (Å²) in [6.45, 7) is 6.92. The van der Waals surface area contributed by atoms with Crippen LogP contribution in [0.25, 0.3) is 0 Å². The molecule has 3 heterocycles. The molecule has 3 rings (SSSR count). The number of aryl methyl sites for hydroxylation is 2. The molecule has 2 fully saturated rings. The fourth-order valence-electron chi connectivity index (χ4n) is 4.05. The van der Waals surface area contributed by atoms with E-state index in [1.54, 1.807) is 0 Å². The number of H-pyrrole nitrogens is 1. The first-order valence-corrected chi connectivity index (χ1v) is 8.79. The molecule has 2 aliphatic rings. The largest absolute Gasteiger partial charge is 0.342 e. The van der Waals surface area contributed by atoms with Gasteiger partial charge in [0.25, 0.3) is 5.91 Å². The lowest BCUT2D eigenvalue weighted by Gasteiger charge is -2.40. The second-order valence-corrected chi connectivity index (χ2v) is 6.98. The lowest BCUT2D eigenvalue weighted by Crippen LogP contribution is -2.56. The summed E-state index contributed by atoms with van der Waals surface area (Å²) in [4.78, 5) is 38.3. The Morgan fingerprint density at radius 2 is 1.96 bits per heavy atom. The van der Waals surface area contributed by atoms with Gasteiger partial charge in [-0.25, -0.2) is 4.79 Å². The Kier molecular flexibility index (Phi) is 4.53. The standard InChI is InChI=1S/C17H25N5O3/c1-4-17(15(24)18-16(25)19-17)12-5-7-22(8-6-12)14(23)9-13-10(2)20-21-11(13)3/h12H,4-9H2,1-3H3,(H,20,21)(H2,18,19,24,25). The third-order valence-corrected chi connectivity index (χ3v) is 5.68. The van der Waals surface area contributed by atoms with Gasteiger partial charge in [0.2, 0.25) is 5.91 Å². The fraction of sp³-hybridized carbons (Fsp3) is 0.647. The maximum atomic E-state index is 12.6. The van der Waals surface area contributed by atoms with Gasteiger partial charge in [0.15, 0.2) is 0 Å². The molecule has 0 bridgehead atoms. The maximum absolute atomic E-state index is 12.6. The first kappa shape index (κ1) is 17.4. The number of nitrogens with one attached hydrogen (secondary N) is 3. The van der Waals surface area contributed by atoms with Crippen LogP contribution in [0.1, 0.15) is 43.1 Å². The van der Waals surface area contributed by atoms with Crippen LogP contribution in [-0.2, 0) is 16.0 Å². The van der Waals surface area contributed by atoms with E-state index in [1.165, 1.54) is 0 Å². The second kappa shape index (κ2) is 6.50. The summed E-state index contributed by atoms with van der Waals surface area (Å²) in [5.74, 6) is -0.115. The van der Waals surface area contributed by atoms with Crippen molar-refractivity contribution in [2.45, 2.75) is 52.0 Å². The molecule has 0 spiro atoms. The third kappa shape index (κ3) is 3.01. The van der Waals surface area contributed by atoms with Gasteiger partial charge in [-0.1, -0.05) is 6.92 Å². The molecule has 0 radical (unpaired) electrons. The molecule has 2 saturated heterocycles. The number of aromatic amines is 1. The van der Waals surface area contributed by atoms with Crippen molar-refractivity contribution in [3.63, 3.8) is 0 Å². The Morgan fingerprint density at radius 3 is 2.44 bits per heavy atom. The average Bonchev–Trinajstić information content (AvgIpc) is 3.07. The summed E-state index contributed by atoms with van der Waals surface area (Å²) in [5.41, 5.74) is 1.91. The van der Waals surface area contributed by atoms with Crippen LogP contribution in [0, 0.1) is 19.8 Å². The van der Waals surface area contributed by atoms with E-state index in [1.807, 2.05) is 25.7 Å². The summed E-state index contributed by atoms with van der Waals surface area (Å²) in [6.07, 6.45) is 2.30. The zero-order chi connectivity index (χ0) is 18.2. The number of imide groups is 1. The van der Waals surface area contributed by atoms with Crippen molar-refractivity contribution in [2.75, 3.05) is 13.1 Å². The van der Waals surface area contributed by atoms with Gasteiger partial charge in [0, 0.05) is 24.3 Å². The number of hydrogen-bond donors (Lipinski definition) is 3. The highest BCUT2D eigenvalue weighted by Gasteiger charge is 2.51. The molecule has 2 aliphatic heterocycles. The van der Waals surface area contributed by atoms with Crippen LogP contribution >= 0.6 is 0 Å². The number of rotatable bonds is 4. The van der Waals surface area contributed by atoms with E-state index in [0.717, 1.165) is 17.0 Å². The molecule has 1 unspecified atom stereocenters. The van der Waals surface area contributed by atoms with Crippen molar-refractivity contribution >= 4 is 17.8 Å². The van der Waals surface area contributed by atoms with Gasteiger partial charge in [-0.15, -0.1) is 0 Å². The Bertz CT molecular complexity index is 686. The molecule has 4 amide bonds. The van der Waals surface area contributed by atoms with Gasteiger partial charge >= 0.3 is 6.03 Å². The van der Waals surface area contributed by atoms with Gasteiger partial charge in [0.05, 0.1) is 12.1 Å². The van der Waals surface area contributed by atoms with Gasteiger partial charge in [-0.05, 0) is 39.0 Å². The minimum atomic E-state index is -0.829. The minimum absolute atomic E-state index is 0.0467. The van der Waals surface area contributed by atoms with Crippen molar-refractivity contribution in [1.29, 1.82) is 0 Å². The summed E-state index contributed by atoms with van der Waals surface area (Å²) in [6, 6.07) is -0.420. The van der Waals surface area contributed by atoms with Crippen LogP contribution in [0.5, 0.6) is 0 Å². The molecule has 0 aliphatic carbocycles. The molecule has 1 aromatic heterocycles. The van der Waals surface area contributed by atoms with Crippen molar-refractivity contribution in [3.05, 3.63) is 17.0 Å². The molecule has 3 N–H and O–H groups in total. The van der Waals surface area contributed by atoms with Crippen LogP contribution in [0.2, 0.25) is 0 Å². The molecular weight excluding hydrogens is 322 g/mol. The molecule has 25 heavy (non-hydrogen) atoms. The van der Waals surface area contributed by atoms with E-state index in [4.69, 9.17) is 0 Å². The number of hydrogen-bond acceptors (Lipinski definition) is 4. The average molecular weight is 347 g/mol. The van der Waals surface area contributed by atoms with Crippen LogP contribution in [0.15, 0.2) is 0 Å². The van der Waals surface area contributed by atoms with Crippen LogP contribution in [-0.4, -0.2) is 51.6 Å². The molecule has 0 aromatic carbocycles. The lowest BCUT2D eigenvalue weighted by molar-refractivity contribution is -0.133. The van der Waals surface area contributed by atoms with E-state index in [0.29, 0.717) is 38.8 Å². The number of piperidine rings is 1. The van der Waals surface area contributed by atoms with Crippen molar-refractivity contribution in [1.82, 2.24) is 25.7 Å². The summed E-state index contributed by atoms with van der Waals surface area (Å²) >= 11 is 0. The van der Waals surface area contributed by atoms with E-state index in [9.17, 15) is 14.4 Å². The number of carbonyl (C=O) groups is 3. The highest BCUT2D eigenvalue weighted by molar-refractivity contribution is 6.07. The number of likely N-dealkylation sites (tertiary alicyclic amines) is 1. The predicted octanol–water partition coefficient (Wildman–Crippen LogP) is 0.796. The summed E-state index contributed by atoms with van der Waals surface area (Å²) in [7, 11) is 0. The van der Waals surface area contributed by atoms with E-state index in [2.05, 4.69) is 20.8 Å². The molecular formula is C17H25N5O3. The zero-order valence-electron chi connectivity index (χ0n) is 14.9. The predicted molar refractivity (Wildman–Crippen MR) is 90.8 cm³/mol. The monoisotopic (exact) mass is 347 g/mol. The van der Waals surface area contributed by atoms with Crippen LogP contribution < -0.4 is 10.6 Å². The summed E-state index contributed by atoms with van der Waals surface area (Å²) < 4.78 is 0. The van der Waals surface area contributed by atoms with Crippen molar-refractivity contribution in [2.24, 2.45) is 5.92 Å². The van der Waals surface area contributed by atoms with E-state index < -0.39 is 11.6 Å². The first-order chi connectivity index (χ1) is 11.9. The molecule has 1 aromatic rings. The van der Waals surface area contributed by atoms with Gasteiger partial charge in [-0.3, -0.25) is 20.0 Å². The number of urea groups is 1. The first-order valence-electron chi connectivity index (χ1n) is 8.79. The van der Waals surface area contributed by atoms with E-state index >= 15 is 0 Å². The Balaban J connectivity index is 1.63. The summed E-state index contributed by atoms with van der Waals surface area (Å²) in [5, 5.41) is 12.2. The van der Waals surface area contributed by atoms with Crippen LogP contribution in [0.3, 0.4) is 0 Å². The number of nitrogens with zero attached hydrogens (tertiary/aromatic N) is 2. The van der Waals surface area contributed by atoms with Gasteiger partial charge in [0.1, 0.15) is 5.54 Å². The van der Waals surface area contributed by atoms with Gasteiger partial charge in [-0.2, -0.15) is 5.10 Å². The normalized spacial score (nSPS) is 24.4. The highest BCUT2D eigenvalue weighted by Crippen LogP contribution is 2.33. The number of carbonyl (C=O) groups excluding carboxylic acids is 3. The Hall–Kier alpha value is -2.38. The SMILES string of the molecule is CCC1(C2CCN(C(=O)Cc3c(C)n[nH]c3C)CC2)NC(=O)NC1=O. The van der Waals surface area contributed by atoms with Gasteiger partial charge < -0.3 is 10.2 Å². The maximum Gasteiger partial charge on any atom is 0.322 e. The lowest BCUT2D eigenvalue weighted by atomic mass is 9.76. The smallest absolute Gasteiger partial charge is 0.322 e. The Labute approximate surface area is 146 Å². The molecule has 8 nitrogen and oxygen atoms in total. The van der Waals surface area contributed by atoms with Crippen molar-refractivity contribution < 1.29 is 14.4 Å². The number of aromatic nitrogens is 2. The van der Waals surface area contributed by atoms with E-state index in [-0.39, 0.29) is 17.7 Å². The third-order valence-electron chi connectivity index (χ3n) is 5.68. The minimum Gasteiger partial charge on any atom is -0.342 e. The Morgan fingerprint density at radius 1 is 1.28 bits per heavy atom. The quantitative estimate of drug-likeness (QED) is 0.700. The highest BCUT2D eigenvalue weighted by atomic mass is 16.2. The van der Waals surface area contributed by atoms with Crippen molar-refractivity contribution in [3.8, 4) is 0 Å². The zero-order valence-corrected chi connectivity index (χ0v) is 14.9.